The lowest BCUT2D eigenvalue weighted by molar-refractivity contribution is -0.362. The van der Waals surface area contributed by atoms with Gasteiger partial charge in [0.15, 0.2) is 43.1 Å². The average molecular weight is 923 g/mol. The van der Waals surface area contributed by atoms with Gasteiger partial charge in [-0.15, -0.1) is 0 Å². The predicted octanol–water partition coefficient (Wildman–Crippen LogP) is 5.51. The molecule has 19 nitrogen and oxygen atoms in total. The maximum atomic E-state index is 12.8. The third-order valence-electron chi connectivity index (χ3n) is 10.4. The lowest BCUT2D eigenvalue weighted by atomic mass is 9.96. The summed E-state index contributed by atoms with van der Waals surface area (Å²) in [6.45, 7) is 0.117. The molecule has 0 N–H and O–H groups in total. The minimum absolute atomic E-state index is 0.0902. The highest BCUT2D eigenvalue weighted by molar-refractivity contribution is 5.69. The number of methoxy groups -OCH3 is 1. The number of hydrogen-bond acceptors (Lipinski definition) is 19. The van der Waals surface area contributed by atoms with Gasteiger partial charge in [0.2, 0.25) is 0 Å². The Morgan fingerprint density at radius 3 is 1.39 bits per heavy atom. The van der Waals surface area contributed by atoms with Crippen LogP contribution in [0.25, 0.3) is 0 Å². The van der Waals surface area contributed by atoms with Crippen LogP contribution in [0, 0.1) is 0 Å². The van der Waals surface area contributed by atoms with Crippen LogP contribution < -0.4 is 0 Å². The summed E-state index contributed by atoms with van der Waals surface area (Å²) in [5.74, 6) is -7.33. The van der Waals surface area contributed by atoms with Crippen LogP contribution in [0.4, 0.5) is 0 Å². The number of ether oxygens (including phenoxy) is 12. The highest BCUT2D eigenvalue weighted by atomic mass is 16.8. The molecule has 2 rings (SSSR count). The molecular weight excluding hydrogens is 844 g/mol. The van der Waals surface area contributed by atoms with Crippen molar-refractivity contribution in [3.8, 4) is 0 Å². The van der Waals surface area contributed by atoms with Crippen molar-refractivity contribution in [3.63, 3.8) is 0 Å². The van der Waals surface area contributed by atoms with E-state index in [2.05, 4.69) is 6.92 Å². The molecule has 2 fully saturated rings. The highest BCUT2D eigenvalue weighted by Gasteiger charge is 2.57. The van der Waals surface area contributed by atoms with E-state index in [4.69, 9.17) is 62.3 Å². The summed E-state index contributed by atoms with van der Waals surface area (Å²) in [5, 5.41) is 0. The zero-order valence-corrected chi connectivity index (χ0v) is 38.2. The second-order valence-electron chi connectivity index (χ2n) is 15.8. The molecule has 0 spiro atoms. The summed E-state index contributed by atoms with van der Waals surface area (Å²) in [7, 11) is 1.51. The van der Waals surface area contributed by atoms with E-state index in [1.165, 1.54) is 71.3 Å². The van der Waals surface area contributed by atoms with Gasteiger partial charge in [0, 0.05) is 61.0 Å². The fourth-order valence-electron chi connectivity index (χ4n) is 7.50. The van der Waals surface area contributed by atoms with Crippen LogP contribution in [-0.2, 0) is 90.4 Å². The Balaban J connectivity index is 2.42. The van der Waals surface area contributed by atoms with Gasteiger partial charge in [0.1, 0.15) is 31.5 Å². The van der Waals surface area contributed by atoms with Crippen LogP contribution in [0.3, 0.4) is 0 Å². The Labute approximate surface area is 383 Å². The molecule has 0 radical (unpaired) electrons. The van der Waals surface area contributed by atoms with Crippen LogP contribution in [0.2, 0.25) is 0 Å². The summed E-state index contributed by atoms with van der Waals surface area (Å²) >= 11 is 0. The van der Waals surface area contributed by atoms with E-state index in [0.29, 0.717) is 6.42 Å². The van der Waals surface area contributed by atoms with Crippen molar-refractivity contribution in [2.45, 2.75) is 219 Å². The molecule has 0 aromatic heterocycles. The predicted molar refractivity (Wildman–Crippen MR) is 225 cm³/mol. The fraction of sp³-hybridized carbons (Fsp3) is 0.844. The van der Waals surface area contributed by atoms with E-state index in [1.54, 1.807) is 0 Å². The monoisotopic (exact) mass is 923 g/mol. The third-order valence-corrected chi connectivity index (χ3v) is 10.4. The van der Waals surface area contributed by atoms with Gasteiger partial charge in [0.05, 0.1) is 12.7 Å². The first-order chi connectivity index (χ1) is 32.6. The van der Waals surface area contributed by atoms with Crippen LogP contribution in [0.15, 0.2) is 0 Å². The highest BCUT2D eigenvalue weighted by Crippen LogP contribution is 2.36. The maximum absolute atomic E-state index is 12.8. The van der Waals surface area contributed by atoms with Gasteiger partial charge in [-0.1, -0.05) is 96.8 Å². The molecule has 0 amide bonds. The average Bonchev–Trinajstić information content (AvgIpc) is 3.31. The van der Waals surface area contributed by atoms with Crippen molar-refractivity contribution in [1.29, 1.82) is 0 Å². The summed E-state index contributed by atoms with van der Waals surface area (Å²) in [5.41, 5.74) is 0. The first-order valence-corrected chi connectivity index (χ1v) is 22.1. The second-order valence-corrected chi connectivity index (χ2v) is 15.8. The molecule has 0 aromatic carbocycles. The van der Waals surface area contributed by atoms with E-state index >= 15 is 0 Å². The van der Waals surface area contributed by atoms with Gasteiger partial charge in [-0.05, 0) is 6.42 Å². The summed E-state index contributed by atoms with van der Waals surface area (Å²) in [6, 6.07) is 0. The Hall–Kier alpha value is -3.91. The molecule has 2 aliphatic rings. The largest absolute Gasteiger partial charge is 0.463 e. The zero-order chi connectivity index (χ0) is 50.4. The molecular formula is C45H74O19. The molecule has 64 heavy (non-hydrogen) atoms. The maximum Gasteiger partial charge on any atom is 0.303 e. The summed E-state index contributed by atoms with van der Waals surface area (Å²) < 4.78 is 98.7. The topological polar surface area (TPSA) is 230 Å². The van der Waals surface area contributed by atoms with Gasteiger partial charge in [0.25, 0.3) is 0 Å². The molecule has 368 valence electrons. The van der Waals surface area contributed by atoms with E-state index in [0.717, 1.165) is 46.5 Å². The quantitative estimate of drug-likeness (QED) is 0.0491. The Morgan fingerprint density at radius 2 is 0.891 bits per heavy atom. The van der Waals surface area contributed by atoms with Crippen molar-refractivity contribution < 1.29 is 95.9 Å². The summed E-state index contributed by atoms with van der Waals surface area (Å²) in [6.07, 6.45) is -0.529. The molecule has 0 aliphatic carbocycles. The van der Waals surface area contributed by atoms with Crippen molar-refractivity contribution in [1.82, 2.24) is 0 Å². The minimum atomic E-state index is -2.02. The second kappa shape index (κ2) is 31.1. The molecule has 2 heterocycles. The third kappa shape index (κ3) is 21.8. The van der Waals surface area contributed by atoms with Gasteiger partial charge in [-0.2, -0.15) is 0 Å². The van der Waals surface area contributed by atoms with Crippen molar-refractivity contribution in [2.24, 2.45) is 0 Å². The number of unbranched alkanes of at least 4 members (excludes halogenated alkanes) is 13. The van der Waals surface area contributed by atoms with Crippen molar-refractivity contribution in [2.75, 3.05) is 26.9 Å². The number of rotatable bonds is 30. The first-order valence-electron chi connectivity index (χ1n) is 24.9. The number of hydrogen-bond donors (Lipinski definition) is 0. The molecule has 2 aliphatic heterocycles. The Kier molecular flexibility index (Phi) is 24.1. The minimum Gasteiger partial charge on any atom is -0.463 e. The number of esters is 7. The first kappa shape index (κ1) is 49.5. The van der Waals surface area contributed by atoms with Gasteiger partial charge < -0.3 is 56.8 Å². The van der Waals surface area contributed by atoms with Crippen LogP contribution in [0.1, 0.15) is 157 Å². The SMILES string of the molecule is [2H]CC(=O)OC[C@H]1OC(O[C@H]2[C@H](OC(C)=O)[C@@H](OC(C)=O)[C@H](OCC(CCCCCCCCCCCCCCCC)OC)O[C@@H]2COC(C)=O)[C@H](OC(=O)C[2H])[C@@H](OC(=O)C[2H])[C@H]1OC(=O)C[2H]. The van der Waals surface area contributed by atoms with E-state index in [1.807, 2.05) is 0 Å². The van der Waals surface area contributed by atoms with E-state index < -0.39 is 150 Å². The van der Waals surface area contributed by atoms with Crippen LogP contribution >= 0.6 is 0 Å². The van der Waals surface area contributed by atoms with Crippen LogP contribution in [0.5, 0.6) is 0 Å². The lowest BCUT2D eigenvalue weighted by Gasteiger charge is -2.48. The van der Waals surface area contributed by atoms with Gasteiger partial charge in [-0.3, -0.25) is 33.6 Å². The van der Waals surface area contributed by atoms with Crippen molar-refractivity contribution in [3.05, 3.63) is 0 Å². The van der Waals surface area contributed by atoms with Gasteiger partial charge in [-0.25, -0.2) is 0 Å². The van der Waals surface area contributed by atoms with Crippen LogP contribution in [-0.4, -0.2) is 136 Å². The Morgan fingerprint density at radius 1 is 0.484 bits per heavy atom. The smallest absolute Gasteiger partial charge is 0.303 e. The molecule has 19 heteroatoms. The molecule has 0 aromatic rings. The molecule has 0 bridgehead atoms. The standard InChI is InChI=1S/C45H74O19/c1-10-11-12-13-14-15-16-17-18-19-20-21-22-23-24-35(53-9)25-56-44-42(60-33(7)51)41(59-32(6)50)39(37(62-44)27-55-29(3)47)64-45-43(61-34(8)52)40(58-31(5)49)38(57-30(4)48)36(63-45)26-54-28(2)46/h35-45H,10-27H2,1-9H3/t35?,36-,37-,38+,39-,40+,41+,42-,43-,44-,45?/m1/s1/i2D,4D,5D,8D. The van der Waals surface area contributed by atoms with E-state index in [9.17, 15) is 33.6 Å². The van der Waals surface area contributed by atoms with Gasteiger partial charge >= 0.3 is 41.8 Å². The Bertz CT molecular complexity index is 1530. The van der Waals surface area contributed by atoms with Crippen molar-refractivity contribution >= 4 is 41.8 Å². The normalized spacial score (nSPS) is 26.7. The fourth-order valence-corrected chi connectivity index (χ4v) is 7.50. The lowest BCUT2D eigenvalue weighted by Crippen LogP contribution is -2.67. The molecule has 2 unspecified atom stereocenters. The number of carbonyl (C=O) groups is 7. The summed E-state index contributed by atoms with van der Waals surface area (Å²) in [4.78, 5) is 87.8. The molecule has 11 atom stereocenters. The van der Waals surface area contributed by atoms with E-state index in [-0.39, 0.29) is 6.61 Å². The molecule has 2 saturated heterocycles. The zero-order valence-electron chi connectivity index (χ0n) is 42.2. The number of carbonyl (C=O) groups excluding carboxylic acids is 7. The molecule has 0 saturated carbocycles.